The Balaban J connectivity index is 2.30. The Morgan fingerprint density at radius 1 is 1.43 bits per heavy atom. The van der Waals surface area contributed by atoms with E-state index in [1.165, 1.54) is 5.56 Å². The molecule has 0 spiro atoms. The topological polar surface area (TPSA) is 67.6 Å². The molecule has 1 aromatic carbocycles. The van der Waals surface area contributed by atoms with Crippen molar-refractivity contribution in [2.24, 2.45) is 5.73 Å². The third-order valence-corrected chi connectivity index (χ3v) is 3.91. The molecule has 4 nitrogen and oxygen atoms in total. The van der Waals surface area contributed by atoms with Crippen LogP contribution in [-0.2, 0) is 13.0 Å². The van der Waals surface area contributed by atoms with Gasteiger partial charge in [0.1, 0.15) is 0 Å². The first-order chi connectivity index (χ1) is 9.92. The fourth-order valence-electron chi connectivity index (χ4n) is 2.41. The molecule has 1 atom stereocenters. The summed E-state index contributed by atoms with van der Waals surface area (Å²) in [5.74, 6) is 0. The molecule has 2 rings (SSSR count). The molecule has 0 amide bonds. The zero-order valence-electron chi connectivity index (χ0n) is 12.5. The highest BCUT2D eigenvalue weighted by Crippen LogP contribution is 2.21. The summed E-state index contributed by atoms with van der Waals surface area (Å²) >= 11 is 6.23. The third-order valence-electron chi connectivity index (χ3n) is 3.56. The van der Waals surface area contributed by atoms with Crippen LogP contribution in [0.4, 0.5) is 0 Å². The predicted molar refractivity (Wildman–Crippen MR) is 84.3 cm³/mol. The maximum absolute atomic E-state index is 8.87. The van der Waals surface area contributed by atoms with Crippen molar-refractivity contribution in [2.75, 3.05) is 0 Å². The smallest absolute Gasteiger partial charge is 0.0992 e. The monoisotopic (exact) mass is 302 g/mol. The van der Waals surface area contributed by atoms with E-state index in [4.69, 9.17) is 22.6 Å². The summed E-state index contributed by atoms with van der Waals surface area (Å²) < 4.78 is 1.94. The van der Waals surface area contributed by atoms with Crippen molar-refractivity contribution in [1.82, 2.24) is 9.78 Å². The molecule has 1 unspecified atom stereocenters. The fraction of sp³-hybridized carbons (Fsp3) is 0.375. The largest absolute Gasteiger partial charge is 0.328 e. The van der Waals surface area contributed by atoms with Crippen LogP contribution >= 0.6 is 11.6 Å². The minimum absolute atomic E-state index is 0.110. The van der Waals surface area contributed by atoms with Crippen LogP contribution in [0.2, 0.25) is 5.02 Å². The number of hydrogen-bond donors (Lipinski definition) is 1. The van der Waals surface area contributed by atoms with Crippen LogP contribution in [0, 0.1) is 25.2 Å². The van der Waals surface area contributed by atoms with Gasteiger partial charge in [-0.25, -0.2) is 0 Å². The number of nitriles is 1. The lowest BCUT2D eigenvalue weighted by molar-refractivity contribution is 0.656. The number of halogens is 1. The molecule has 0 bridgehead atoms. The van der Waals surface area contributed by atoms with Gasteiger partial charge in [0.2, 0.25) is 0 Å². The number of hydrogen-bond acceptors (Lipinski definition) is 3. The molecule has 1 aromatic heterocycles. The Kier molecular flexibility index (Phi) is 4.66. The molecule has 0 saturated carbocycles. The van der Waals surface area contributed by atoms with Crippen LogP contribution in [0.1, 0.15) is 35.0 Å². The molecule has 2 N–H and O–H groups in total. The summed E-state index contributed by atoms with van der Waals surface area (Å²) in [5, 5.41) is 14.0. The van der Waals surface area contributed by atoms with E-state index in [0.717, 1.165) is 23.4 Å². The summed E-state index contributed by atoms with van der Waals surface area (Å²) in [6.45, 7) is 6.64. The SMILES string of the molecule is Cc1nn(Cc2ccc(C#N)cc2Cl)c(C)c1CC(C)N. The molecule has 0 aliphatic carbocycles. The highest BCUT2D eigenvalue weighted by Gasteiger charge is 2.14. The third kappa shape index (κ3) is 3.44. The maximum atomic E-state index is 8.87. The van der Waals surface area contributed by atoms with Gasteiger partial charge in [-0.1, -0.05) is 17.7 Å². The first-order valence-corrected chi connectivity index (χ1v) is 7.27. The molecular formula is C16H19ClN4. The van der Waals surface area contributed by atoms with E-state index in [1.807, 2.05) is 24.6 Å². The summed E-state index contributed by atoms with van der Waals surface area (Å²) in [6.07, 6.45) is 0.818. The van der Waals surface area contributed by atoms with Gasteiger partial charge in [0.25, 0.3) is 0 Å². The van der Waals surface area contributed by atoms with Crippen molar-refractivity contribution in [3.63, 3.8) is 0 Å². The van der Waals surface area contributed by atoms with E-state index in [0.29, 0.717) is 17.1 Å². The molecule has 0 fully saturated rings. The first-order valence-electron chi connectivity index (χ1n) is 6.89. The minimum Gasteiger partial charge on any atom is -0.328 e. The lowest BCUT2D eigenvalue weighted by Gasteiger charge is -2.09. The van der Waals surface area contributed by atoms with Gasteiger partial charge >= 0.3 is 0 Å². The van der Waals surface area contributed by atoms with Gasteiger partial charge in [0.05, 0.1) is 23.9 Å². The Morgan fingerprint density at radius 2 is 2.14 bits per heavy atom. The minimum atomic E-state index is 0.110. The van der Waals surface area contributed by atoms with Gasteiger partial charge in [-0.3, -0.25) is 4.68 Å². The van der Waals surface area contributed by atoms with Gasteiger partial charge in [0.15, 0.2) is 0 Å². The van der Waals surface area contributed by atoms with Crippen molar-refractivity contribution >= 4 is 11.6 Å². The number of aryl methyl sites for hydroxylation is 1. The zero-order valence-corrected chi connectivity index (χ0v) is 13.3. The first kappa shape index (κ1) is 15.6. The Morgan fingerprint density at radius 3 is 2.71 bits per heavy atom. The van der Waals surface area contributed by atoms with Crippen molar-refractivity contribution in [1.29, 1.82) is 5.26 Å². The molecule has 5 heteroatoms. The van der Waals surface area contributed by atoms with E-state index in [2.05, 4.69) is 18.1 Å². The number of aromatic nitrogens is 2. The summed E-state index contributed by atoms with van der Waals surface area (Å²) in [7, 11) is 0. The Bertz CT molecular complexity index is 695. The second-order valence-electron chi connectivity index (χ2n) is 5.41. The average Bonchev–Trinajstić information content (AvgIpc) is 2.68. The zero-order chi connectivity index (χ0) is 15.6. The van der Waals surface area contributed by atoms with E-state index < -0.39 is 0 Å². The highest BCUT2D eigenvalue weighted by molar-refractivity contribution is 6.31. The number of nitrogens with zero attached hydrogens (tertiary/aromatic N) is 3. The number of rotatable bonds is 4. The second-order valence-corrected chi connectivity index (χ2v) is 5.81. The normalized spacial score (nSPS) is 12.2. The van der Waals surface area contributed by atoms with Gasteiger partial charge in [-0.15, -0.1) is 0 Å². The predicted octanol–water partition coefficient (Wildman–Crippen LogP) is 2.96. The standard InChI is InChI=1S/C16H19ClN4/c1-10(19)6-15-11(2)20-21(12(15)3)9-14-5-4-13(8-18)7-16(14)17/h4-5,7,10H,6,9,19H2,1-3H3. The molecule has 0 radical (unpaired) electrons. The number of nitrogens with two attached hydrogens (primary N) is 1. The van der Waals surface area contributed by atoms with Crippen LogP contribution in [-0.4, -0.2) is 15.8 Å². The Labute approximate surface area is 130 Å². The molecule has 0 aliphatic rings. The molecular weight excluding hydrogens is 284 g/mol. The second kappa shape index (κ2) is 6.30. The van der Waals surface area contributed by atoms with E-state index in [9.17, 15) is 0 Å². The maximum Gasteiger partial charge on any atom is 0.0992 e. The fourth-order valence-corrected chi connectivity index (χ4v) is 2.65. The van der Waals surface area contributed by atoms with Crippen LogP contribution in [0.15, 0.2) is 18.2 Å². The summed E-state index contributed by atoms with van der Waals surface area (Å²) in [5.41, 5.74) is 10.7. The lowest BCUT2D eigenvalue weighted by Crippen LogP contribution is -2.18. The molecule has 0 aliphatic heterocycles. The molecule has 110 valence electrons. The molecule has 2 aromatic rings. The van der Waals surface area contributed by atoms with E-state index in [-0.39, 0.29) is 6.04 Å². The molecule has 0 saturated heterocycles. The van der Waals surface area contributed by atoms with Crippen molar-refractivity contribution in [3.8, 4) is 6.07 Å². The quantitative estimate of drug-likeness (QED) is 0.944. The van der Waals surface area contributed by atoms with Crippen molar-refractivity contribution in [3.05, 3.63) is 51.3 Å². The Hall–Kier alpha value is -1.83. The summed E-state index contributed by atoms with van der Waals surface area (Å²) in [6, 6.07) is 7.53. The van der Waals surface area contributed by atoms with Crippen molar-refractivity contribution < 1.29 is 0 Å². The molecule has 21 heavy (non-hydrogen) atoms. The van der Waals surface area contributed by atoms with Crippen LogP contribution in [0.3, 0.4) is 0 Å². The van der Waals surface area contributed by atoms with E-state index in [1.54, 1.807) is 12.1 Å². The van der Waals surface area contributed by atoms with Crippen LogP contribution in [0.5, 0.6) is 0 Å². The van der Waals surface area contributed by atoms with Gasteiger partial charge < -0.3 is 5.73 Å². The van der Waals surface area contributed by atoms with Crippen LogP contribution in [0.25, 0.3) is 0 Å². The van der Waals surface area contributed by atoms with E-state index >= 15 is 0 Å². The van der Waals surface area contributed by atoms with Gasteiger partial charge in [-0.2, -0.15) is 10.4 Å². The summed E-state index contributed by atoms with van der Waals surface area (Å²) in [4.78, 5) is 0. The van der Waals surface area contributed by atoms with Gasteiger partial charge in [0, 0.05) is 16.8 Å². The highest BCUT2D eigenvalue weighted by atomic mass is 35.5. The lowest BCUT2D eigenvalue weighted by atomic mass is 10.1. The van der Waals surface area contributed by atoms with Crippen LogP contribution < -0.4 is 5.73 Å². The van der Waals surface area contributed by atoms with Gasteiger partial charge in [-0.05, 0) is 50.5 Å². The molecule has 1 heterocycles. The number of benzene rings is 1. The average molecular weight is 303 g/mol. The van der Waals surface area contributed by atoms with Crippen molar-refractivity contribution in [2.45, 2.75) is 39.8 Å².